The van der Waals surface area contributed by atoms with Gasteiger partial charge in [-0.1, -0.05) is 12.1 Å². The van der Waals surface area contributed by atoms with Crippen molar-refractivity contribution in [1.29, 1.82) is 0 Å². The summed E-state index contributed by atoms with van der Waals surface area (Å²) in [5, 5.41) is 9.31. The lowest BCUT2D eigenvalue weighted by molar-refractivity contribution is -0.0855. The van der Waals surface area contributed by atoms with Crippen molar-refractivity contribution in [2.75, 3.05) is 47.5 Å². The molecule has 144 valence electrons. The molecule has 0 bridgehead atoms. The van der Waals surface area contributed by atoms with Crippen LogP contribution in [0.15, 0.2) is 29.3 Å². The van der Waals surface area contributed by atoms with E-state index in [2.05, 4.69) is 20.9 Å². The summed E-state index contributed by atoms with van der Waals surface area (Å²) in [6.07, 6.45) is 2.55. The highest BCUT2D eigenvalue weighted by atomic mass is 16.5. The van der Waals surface area contributed by atoms with Crippen LogP contribution >= 0.6 is 0 Å². The predicted molar refractivity (Wildman–Crippen MR) is 103 cm³/mol. The molecule has 1 amide bonds. The van der Waals surface area contributed by atoms with Crippen molar-refractivity contribution in [3.63, 3.8) is 0 Å². The lowest BCUT2D eigenvalue weighted by atomic mass is 9.94. The Balaban J connectivity index is 1.81. The van der Waals surface area contributed by atoms with Crippen molar-refractivity contribution in [1.82, 2.24) is 16.0 Å². The molecule has 0 radical (unpaired) electrons. The molecule has 1 fully saturated rings. The number of carbonyl (C=O) groups excluding carboxylic acids is 1. The summed E-state index contributed by atoms with van der Waals surface area (Å²) in [6, 6.07) is 7.65. The van der Waals surface area contributed by atoms with E-state index < -0.39 is 0 Å². The van der Waals surface area contributed by atoms with Crippen molar-refractivity contribution in [2.24, 2.45) is 4.99 Å². The van der Waals surface area contributed by atoms with Gasteiger partial charge >= 0.3 is 0 Å². The molecule has 0 spiro atoms. The van der Waals surface area contributed by atoms with Crippen molar-refractivity contribution in [2.45, 2.75) is 24.9 Å². The number of amides is 1. The first-order valence-corrected chi connectivity index (χ1v) is 9.01. The van der Waals surface area contributed by atoms with E-state index in [0.29, 0.717) is 12.1 Å². The van der Waals surface area contributed by atoms with Crippen LogP contribution in [0.1, 0.15) is 28.8 Å². The summed E-state index contributed by atoms with van der Waals surface area (Å²) in [7, 11) is 5.14. The first-order chi connectivity index (χ1) is 12.6. The van der Waals surface area contributed by atoms with Crippen LogP contribution in [0.4, 0.5) is 0 Å². The highest BCUT2D eigenvalue weighted by molar-refractivity contribution is 5.94. The van der Waals surface area contributed by atoms with Gasteiger partial charge in [0.05, 0.1) is 5.60 Å². The lowest BCUT2D eigenvalue weighted by Crippen LogP contribution is -2.51. The van der Waals surface area contributed by atoms with Crippen LogP contribution in [0.3, 0.4) is 0 Å². The van der Waals surface area contributed by atoms with Crippen molar-refractivity contribution in [3.05, 3.63) is 35.4 Å². The Kier molecular flexibility index (Phi) is 7.87. The SMILES string of the molecule is CN=C(NCCc1cccc(C(=O)NC)c1)NCC1(OC)CCOCC1. The van der Waals surface area contributed by atoms with Gasteiger partial charge in [-0.25, -0.2) is 0 Å². The van der Waals surface area contributed by atoms with Crippen molar-refractivity contribution >= 4 is 11.9 Å². The van der Waals surface area contributed by atoms with Crippen LogP contribution in [0, 0.1) is 0 Å². The largest absolute Gasteiger partial charge is 0.381 e. The van der Waals surface area contributed by atoms with Gasteiger partial charge in [0, 0.05) is 65.9 Å². The van der Waals surface area contributed by atoms with Gasteiger partial charge in [-0.15, -0.1) is 0 Å². The minimum atomic E-state index is -0.197. The second-order valence-electron chi connectivity index (χ2n) is 6.38. The monoisotopic (exact) mass is 362 g/mol. The summed E-state index contributed by atoms with van der Waals surface area (Å²) in [5.41, 5.74) is 1.58. The fourth-order valence-electron chi connectivity index (χ4n) is 3.00. The summed E-state index contributed by atoms with van der Waals surface area (Å²) in [6.45, 7) is 2.87. The van der Waals surface area contributed by atoms with E-state index in [1.54, 1.807) is 21.2 Å². The maximum atomic E-state index is 11.7. The zero-order valence-electron chi connectivity index (χ0n) is 15.9. The average molecular weight is 362 g/mol. The van der Waals surface area contributed by atoms with Gasteiger partial charge in [0.2, 0.25) is 0 Å². The van der Waals surface area contributed by atoms with Crippen LogP contribution in [0.5, 0.6) is 0 Å². The second kappa shape index (κ2) is 10.1. The van der Waals surface area contributed by atoms with E-state index in [4.69, 9.17) is 9.47 Å². The predicted octanol–water partition coefficient (Wildman–Crippen LogP) is 0.949. The number of hydrogen-bond acceptors (Lipinski definition) is 4. The minimum Gasteiger partial charge on any atom is -0.381 e. The Bertz CT molecular complexity index is 613. The standard InChI is InChI=1S/C19H30N4O3/c1-20-17(24)16-6-4-5-15(13-16)7-10-22-18(21-2)23-14-19(25-3)8-11-26-12-9-19/h4-6,13H,7-12,14H2,1-3H3,(H,20,24)(H2,21,22,23). The fraction of sp³-hybridized carbons (Fsp3) is 0.579. The molecule has 1 aromatic rings. The molecule has 0 aromatic heterocycles. The number of carbonyl (C=O) groups is 1. The maximum Gasteiger partial charge on any atom is 0.251 e. The number of benzene rings is 1. The second-order valence-corrected chi connectivity index (χ2v) is 6.38. The molecule has 7 nitrogen and oxygen atoms in total. The zero-order chi connectivity index (χ0) is 18.8. The Hall–Kier alpha value is -2.12. The molecule has 1 aromatic carbocycles. The van der Waals surface area contributed by atoms with Crippen LogP contribution in [-0.2, 0) is 15.9 Å². The third-order valence-corrected chi connectivity index (χ3v) is 4.76. The normalized spacial score (nSPS) is 16.8. The van der Waals surface area contributed by atoms with E-state index in [-0.39, 0.29) is 11.5 Å². The summed E-state index contributed by atoms with van der Waals surface area (Å²) in [4.78, 5) is 16.0. The van der Waals surface area contributed by atoms with Crippen LogP contribution in [0.2, 0.25) is 0 Å². The Morgan fingerprint density at radius 2 is 2.08 bits per heavy atom. The summed E-state index contributed by atoms with van der Waals surface area (Å²) in [5.74, 6) is 0.675. The lowest BCUT2D eigenvalue weighted by Gasteiger charge is -2.36. The van der Waals surface area contributed by atoms with Crippen molar-refractivity contribution in [3.8, 4) is 0 Å². The van der Waals surface area contributed by atoms with Crippen LogP contribution < -0.4 is 16.0 Å². The molecule has 1 aliphatic heterocycles. The van der Waals surface area contributed by atoms with E-state index in [0.717, 1.165) is 50.5 Å². The van der Waals surface area contributed by atoms with Gasteiger partial charge in [0.25, 0.3) is 5.91 Å². The fourth-order valence-corrected chi connectivity index (χ4v) is 3.00. The summed E-state index contributed by atoms with van der Waals surface area (Å²) >= 11 is 0. The molecule has 1 heterocycles. The molecule has 1 aliphatic rings. The number of nitrogens with one attached hydrogen (secondary N) is 3. The Morgan fingerprint density at radius 1 is 1.31 bits per heavy atom. The molecule has 7 heteroatoms. The van der Waals surface area contributed by atoms with Gasteiger partial charge < -0.3 is 25.4 Å². The van der Waals surface area contributed by atoms with Gasteiger partial charge in [0.15, 0.2) is 5.96 Å². The van der Waals surface area contributed by atoms with Gasteiger partial charge in [-0.05, 0) is 24.1 Å². The number of guanidine groups is 1. The third kappa shape index (κ3) is 5.71. The molecule has 1 saturated heterocycles. The van der Waals surface area contributed by atoms with Crippen LogP contribution in [-0.4, -0.2) is 65.0 Å². The van der Waals surface area contributed by atoms with E-state index in [1.165, 1.54) is 0 Å². The van der Waals surface area contributed by atoms with E-state index >= 15 is 0 Å². The molecular weight excluding hydrogens is 332 g/mol. The molecular formula is C19H30N4O3. The smallest absolute Gasteiger partial charge is 0.251 e. The highest BCUT2D eigenvalue weighted by Gasteiger charge is 2.32. The molecule has 2 rings (SSSR count). The number of aliphatic imine (C=N–C) groups is 1. The number of nitrogens with zero attached hydrogens (tertiary/aromatic N) is 1. The Morgan fingerprint density at radius 3 is 2.73 bits per heavy atom. The van der Waals surface area contributed by atoms with Gasteiger partial charge in [0.1, 0.15) is 0 Å². The molecule has 0 unspecified atom stereocenters. The van der Waals surface area contributed by atoms with Crippen LogP contribution in [0.25, 0.3) is 0 Å². The van der Waals surface area contributed by atoms with Gasteiger partial charge in [-0.2, -0.15) is 0 Å². The minimum absolute atomic E-state index is 0.0707. The van der Waals surface area contributed by atoms with E-state index in [1.807, 2.05) is 24.3 Å². The van der Waals surface area contributed by atoms with E-state index in [9.17, 15) is 4.79 Å². The first kappa shape index (κ1) is 20.2. The highest BCUT2D eigenvalue weighted by Crippen LogP contribution is 2.23. The summed E-state index contributed by atoms with van der Waals surface area (Å²) < 4.78 is 11.2. The first-order valence-electron chi connectivity index (χ1n) is 9.01. The molecule has 3 N–H and O–H groups in total. The molecule has 0 aliphatic carbocycles. The Labute approximate surface area is 155 Å². The molecule has 26 heavy (non-hydrogen) atoms. The quantitative estimate of drug-likeness (QED) is 0.497. The third-order valence-electron chi connectivity index (χ3n) is 4.76. The molecule has 0 atom stereocenters. The number of ether oxygens (including phenoxy) is 2. The topological polar surface area (TPSA) is 84.0 Å². The van der Waals surface area contributed by atoms with Gasteiger partial charge in [-0.3, -0.25) is 9.79 Å². The maximum absolute atomic E-state index is 11.7. The molecule has 0 saturated carbocycles. The number of methoxy groups -OCH3 is 1. The average Bonchev–Trinajstić information content (AvgIpc) is 2.70. The number of hydrogen-bond donors (Lipinski definition) is 3. The zero-order valence-corrected chi connectivity index (χ0v) is 15.9. The van der Waals surface area contributed by atoms with Crippen molar-refractivity contribution < 1.29 is 14.3 Å². The number of rotatable bonds is 7.